The van der Waals surface area contributed by atoms with E-state index in [1.165, 1.54) is 12.3 Å². The molecule has 1 aliphatic rings. The first-order valence-corrected chi connectivity index (χ1v) is 10.5. The van der Waals surface area contributed by atoms with Crippen LogP contribution < -0.4 is 9.64 Å². The van der Waals surface area contributed by atoms with Crippen molar-refractivity contribution in [2.75, 3.05) is 44.3 Å². The van der Waals surface area contributed by atoms with Crippen LogP contribution in [0.1, 0.15) is 36.7 Å². The summed E-state index contributed by atoms with van der Waals surface area (Å²) in [6, 6.07) is 8.56. The number of alkyl halides is 3. The molecule has 9 heteroatoms. The molecule has 0 N–H and O–H groups in total. The first kappa shape index (κ1) is 23.8. The summed E-state index contributed by atoms with van der Waals surface area (Å²) in [4.78, 5) is 20.5. The Morgan fingerprint density at radius 1 is 1.03 bits per heavy atom. The third-order valence-electron chi connectivity index (χ3n) is 4.96. The normalized spacial score (nSPS) is 15.1. The Balaban J connectivity index is 1.51. The number of carbonyl (C=O) groups is 1. The van der Waals surface area contributed by atoms with Crippen LogP contribution in [0.5, 0.6) is 5.88 Å². The van der Waals surface area contributed by atoms with Crippen molar-refractivity contribution in [3.8, 4) is 5.88 Å². The molecule has 2 aromatic rings. The highest BCUT2D eigenvalue weighted by Crippen LogP contribution is 2.32. The molecule has 1 saturated heterocycles. The number of carbonyl (C=O) groups excluding carboxylic acids is 1. The zero-order chi connectivity index (χ0) is 23.4. The van der Waals surface area contributed by atoms with Crippen molar-refractivity contribution in [2.24, 2.45) is 0 Å². The summed E-state index contributed by atoms with van der Waals surface area (Å²) >= 11 is 0. The third kappa shape index (κ3) is 6.59. The van der Waals surface area contributed by atoms with Crippen LogP contribution in [0.4, 0.5) is 18.9 Å². The highest BCUT2D eigenvalue weighted by atomic mass is 19.4. The number of hydrogen-bond donors (Lipinski definition) is 0. The van der Waals surface area contributed by atoms with Gasteiger partial charge in [0.2, 0.25) is 5.88 Å². The minimum Gasteiger partial charge on any atom is -0.475 e. The number of halogens is 3. The van der Waals surface area contributed by atoms with Gasteiger partial charge in [0.05, 0.1) is 23.3 Å². The highest BCUT2D eigenvalue weighted by Gasteiger charge is 2.31. The molecule has 174 valence electrons. The van der Waals surface area contributed by atoms with E-state index in [9.17, 15) is 18.0 Å². The Kier molecular flexibility index (Phi) is 7.28. The number of hydrogen-bond acceptors (Lipinski definition) is 5. The lowest BCUT2D eigenvalue weighted by Gasteiger charge is -2.36. The molecule has 0 radical (unpaired) electrons. The summed E-state index contributed by atoms with van der Waals surface area (Å²) in [5.74, 6) is 0.247. The molecule has 1 fully saturated rings. The van der Waals surface area contributed by atoms with E-state index in [2.05, 4.69) is 4.98 Å². The second-order valence-electron chi connectivity index (χ2n) is 8.52. The summed E-state index contributed by atoms with van der Waals surface area (Å²) in [6.45, 7) is 8.41. The number of nitrogens with zero attached hydrogens (tertiary/aromatic N) is 3. The van der Waals surface area contributed by atoms with Crippen molar-refractivity contribution < 1.29 is 27.4 Å². The van der Waals surface area contributed by atoms with Crippen molar-refractivity contribution in [1.82, 2.24) is 9.88 Å². The van der Waals surface area contributed by atoms with Gasteiger partial charge in [-0.05, 0) is 45.0 Å². The highest BCUT2D eigenvalue weighted by molar-refractivity contribution is 5.94. The van der Waals surface area contributed by atoms with Gasteiger partial charge in [0.1, 0.15) is 6.61 Å². The van der Waals surface area contributed by atoms with Crippen LogP contribution in [0.2, 0.25) is 0 Å². The molecule has 0 unspecified atom stereocenters. The average Bonchev–Trinajstić information content (AvgIpc) is 2.76. The molecule has 1 aromatic heterocycles. The minimum absolute atomic E-state index is 0.163. The lowest BCUT2D eigenvalue weighted by Crippen LogP contribution is -2.48. The fourth-order valence-corrected chi connectivity index (χ4v) is 3.32. The van der Waals surface area contributed by atoms with Crippen molar-refractivity contribution in [2.45, 2.75) is 32.5 Å². The largest absolute Gasteiger partial charge is 0.475 e. The Bertz CT molecular complexity index is 903. The Labute approximate surface area is 185 Å². The lowest BCUT2D eigenvalue weighted by atomic mass is 10.1. The maximum atomic E-state index is 13.0. The number of benzene rings is 1. The molecule has 1 aliphatic heterocycles. The number of piperazine rings is 1. The molecule has 32 heavy (non-hydrogen) atoms. The summed E-state index contributed by atoms with van der Waals surface area (Å²) in [5, 5.41) is 0. The van der Waals surface area contributed by atoms with Crippen LogP contribution in [-0.2, 0) is 10.9 Å². The fraction of sp³-hybridized carbons (Fsp3) is 0.478. The maximum Gasteiger partial charge on any atom is 0.416 e. The Morgan fingerprint density at radius 3 is 2.34 bits per heavy atom. The van der Waals surface area contributed by atoms with E-state index in [0.717, 1.165) is 12.1 Å². The topological polar surface area (TPSA) is 54.9 Å². The quantitative estimate of drug-likeness (QED) is 0.615. The second kappa shape index (κ2) is 9.77. The van der Waals surface area contributed by atoms with Crippen LogP contribution >= 0.6 is 0 Å². The summed E-state index contributed by atoms with van der Waals surface area (Å²) in [7, 11) is 0. The molecule has 6 nitrogen and oxygen atoms in total. The molecule has 2 heterocycles. The van der Waals surface area contributed by atoms with E-state index in [-0.39, 0.29) is 11.5 Å². The molecule has 1 amide bonds. The van der Waals surface area contributed by atoms with Crippen molar-refractivity contribution in [3.63, 3.8) is 0 Å². The van der Waals surface area contributed by atoms with Gasteiger partial charge in [-0.3, -0.25) is 4.79 Å². The predicted molar refractivity (Wildman–Crippen MR) is 115 cm³/mol. The second-order valence-corrected chi connectivity index (χ2v) is 8.52. The zero-order valence-electron chi connectivity index (χ0n) is 18.5. The Morgan fingerprint density at radius 2 is 1.75 bits per heavy atom. The summed E-state index contributed by atoms with van der Waals surface area (Å²) in [6.07, 6.45) is -2.91. The lowest BCUT2D eigenvalue weighted by molar-refractivity contribution is -0.137. The summed E-state index contributed by atoms with van der Waals surface area (Å²) < 4.78 is 50.0. The first-order chi connectivity index (χ1) is 15.0. The van der Waals surface area contributed by atoms with Crippen LogP contribution in [-0.4, -0.2) is 60.8 Å². The third-order valence-corrected chi connectivity index (χ3v) is 4.96. The monoisotopic (exact) mass is 451 g/mol. The minimum atomic E-state index is -4.38. The molecule has 0 saturated carbocycles. The molecular weight excluding hydrogens is 423 g/mol. The van der Waals surface area contributed by atoms with Gasteiger partial charge in [-0.15, -0.1) is 0 Å². The van der Waals surface area contributed by atoms with Gasteiger partial charge in [0.25, 0.3) is 5.91 Å². The molecule has 0 spiro atoms. The van der Waals surface area contributed by atoms with Crippen molar-refractivity contribution in [1.29, 1.82) is 0 Å². The van der Waals surface area contributed by atoms with Crippen LogP contribution in [0, 0.1) is 0 Å². The summed E-state index contributed by atoms with van der Waals surface area (Å²) in [5.41, 5.74) is 0.0336. The van der Waals surface area contributed by atoms with Gasteiger partial charge in [-0.25, -0.2) is 4.98 Å². The SMILES string of the molecule is CC(C)(C)OCCOc1ccc(C(=O)N2CCN(c3cccc(C(F)(F)F)c3)CC2)cn1. The van der Waals surface area contributed by atoms with E-state index < -0.39 is 11.7 Å². The van der Waals surface area contributed by atoms with Crippen molar-refractivity contribution >= 4 is 11.6 Å². The van der Waals surface area contributed by atoms with E-state index in [4.69, 9.17) is 9.47 Å². The molecular formula is C23H28F3N3O3. The maximum absolute atomic E-state index is 13.0. The van der Waals surface area contributed by atoms with Crippen LogP contribution in [0.3, 0.4) is 0 Å². The molecule has 0 bridgehead atoms. The fourth-order valence-electron chi connectivity index (χ4n) is 3.32. The van der Waals surface area contributed by atoms with Gasteiger partial charge in [0.15, 0.2) is 0 Å². The predicted octanol–water partition coefficient (Wildman–Crippen LogP) is 4.26. The first-order valence-electron chi connectivity index (χ1n) is 10.5. The number of rotatable bonds is 6. The van der Waals surface area contributed by atoms with E-state index in [1.54, 1.807) is 23.1 Å². The number of aromatic nitrogens is 1. The van der Waals surface area contributed by atoms with Gasteiger partial charge in [0, 0.05) is 44.1 Å². The number of anilines is 1. The number of amides is 1. The van der Waals surface area contributed by atoms with Gasteiger partial charge in [-0.1, -0.05) is 6.07 Å². The Hall–Kier alpha value is -2.81. The van der Waals surface area contributed by atoms with Gasteiger partial charge >= 0.3 is 6.18 Å². The smallest absolute Gasteiger partial charge is 0.416 e. The molecule has 1 aromatic carbocycles. The van der Waals surface area contributed by atoms with E-state index in [0.29, 0.717) is 56.5 Å². The van der Waals surface area contributed by atoms with E-state index >= 15 is 0 Å². The van der Waals surface area contributed by atoms with Crippen LogP contribution in [0.15, 0.2) is 42.6 Å². The number of pyridine rings is 1. The van der Waals surface area contributed by atoms with Crippen LogP contribution in [0.25, 0.3) is 0 Å². The molecule has 0 aliphatic carbocycles. The van der Waals surface area contributed by atoms with Gasteiger partial charge in [-0.2, -0.15) is 13.2 Å². The van der Waals surface area contributed by atoms with E-state index in [1.807, 2.05) is 25.7 Å². The molecule has 3 rings (SSSR count). The standard InChI is InChI=1S/C23H28F3N3O3/c1-22(2,3)32-14-13-31-20-8-7-17(16-27-20)21(30)29-11-9-28(10-12-29)19-6-4-5-18(15-19)23(24,25)26/h4-8,15-16H,9-14H2,1-3H3. The van der Waals surface area contributed by atoms with Gasteiger partial charge < -0.3 is 19.3 Å². The van der Waals surface area contributed by atoms with Crippen molar-refractivity contribution in [3.05, 3.63) is 53.7 Å². The molecule has 0 atom stereocenters. The zero-order valence-corrected chi connectivity index (χ0v) is 18.5. The average molecular weight is 451 g/mol. The number of ether oxygens (including phenoxy) is 2.